The molecule has 0 amide bonds. The number of esters is 1. The molecule has 2 heterocycles. The zero-order valence-corrected chi connectivity index (χ0v) is 12.8. The lowest BCUT2D eigenvalue weighted by Gasteiger charge is -2.07. The highest BCUT2D eigenvalue weighted by Crippen LogP contribution is 2.31. The number of nitrogens with zero attached hydrogens (tertiary/aromatic N) is 2. The predicted octanol–water partition coefficient (Wildman–Crippen LogP) is 4.00. The molecule has 106 valence electrons. The van der Waals surface area contributed by atoms with Gasteiger partial charge in [-0.25, -0.2) is 9.78 Å². The van der Waals surface area contributed by atoms with Crippen LogP contribution in [0.4, 0.5) is 0 Å². The molecule has 0 spiro atoms. The fourth-order valence-corrected chi connectivity index (χ4v) is 2.06. The van der Waals surface area contributed by atoms with Crippen molar-refractivity contribution in [2.75, 3.05) is 0 Å². The zero-order valence-electron chi connectivity index (χ0n) is 10.5. The minimum atomic E-state index is -0.700. The molecule has 0 aliphatic carbocycles. The number of aryl methyl sites for hydroxylation is 2. The molecule has 20 heavy (non-hydrogen) atoms. The molecule has 0 bridgehead atoms. The summed E-state index contributed by atoms with van der Waals surface area (Å²) >= 11 is 17.5. The van der Waals surface area contributed by atoms with Crippen molar-refractivity contribution in [1.82, 2.24) is 10.1 Å². The van der Waals surface area contributed by atoms with Gasteiger partial charge in [-0.15, -0.1) is 0 Å². The lowest BCUT2D eigenvalue weighted by molar-refractivity contribution is 0.0464. The predicted molar refractivity (Wildman–Crippen MR) is 74.4 cm³/mol. The second-order valence-electron chi connectivity index (χ2n) is 3.96. The van der Waals surface area contributed by atoms with Gasteiger partial charge in [-0.05, 0) is 13.8 Å². The number of rotatable bonds is 3. The molecule has 0 aliphatic heterocycles. The Labute approximate surface area is 129 Å². The van der Waals surface area contributed by atoms with Gasteiger partial charge in [0.25, 0.3) is 0 Å². The molecule has 0 aliphatic rings. The van der Waals surface area contributed by atoms with E-state index in [9.17, 15) is 4.79 Å². The summed E-state index contributed by atoms with van der Waals surface area (Å²) in [5.74, 6) is -0.114. The fraction of sp³-hybridized carbons (Fsp3) is 0.250. The van der Waals surface area contributed by atoms with Gasteiger partial charge in [0.2, 0.25) is 0 Å². The van der Waals surface area contributed by atoms with Crippen molar-refractivity contribution in [2.24, 2.45) is 0 Å². The maximum absolute atomic E-state index is 11.9. The first-order valence-corrected chi connectivity index (χ1v) is 6.63. The van der Waals surface area contributed by atoms with E-state index in [0.29, 0.717) is 17.0 Å². The maximum atomic E-state index is 11.9. The summed E-state index contributed by atoms with van der Waals surface area (Å²) in [7, 11) is 0. The van der Waals surface area contributed by atoms with Crippen LogP contribution in [0.5, 0.6) is 0 Å². The second kappa shape index (κ2) is 5.99. The number of carbonyl (C=O) groups excluding carboxylic acids is 1. The van der Waals surface area contributed by atoms with E-state index in [1.807, 2.05) is 0 Å². The van der Waals surface area contributed by atoms with Crippen LogP contribution in [0.3, 0.4) is 0 Å². The molecule has 2 aromatic heterocycles. The molecule has 0 radical (unpaired) electrons. The Bertz CT molecular complexity index is 651. The van der Waals surface area contributed by atoms with Crippen molar-refractivity contribution >= 4 is 40.8 Å². The van der Waals surface area contributed by atoms with Gasteiger partial charge in [0.15, 0.2) is 5.69 Å². The van der Waals surface area contributed by atoms with E-state index >= 15 is 0 Å². The molecule has 0 fully saturated rings. The summed E-state index contributed by atoms with van der Waals surface area (Å²) in [4.78, 5) is 15.7. The van der Waals surface area contributed by atoms with Crippen molar-refractivity contribution in [3.63, 3.8) is 0 Å². The van der Waals surface area contributed by atoms with Crippen LogP contribution in [0.25, 0.3) is 0 Å². The van der Waals surface area contributed by atoms with Crippen molar-refractivity contribution in [2.45, 2.75) is 20.5 Å². The Hall–Kier alpha value is -1.30. The van der Waals surface area contributed by atoms with Crippen molar-refractivity contribution in [3.05, 3.63) is 44.0 Å². The van der Waals surface area contributed by atoms with E-state index in [1.54, 1.807) is 13.8 Å². The van der Waals surface area contributed by atoms with E-state index in [-0.39, 0.29) is 27.4 Å². The van der Waals surface area contributed by atoms with Crippen LogP contribution in [0.1, 0.15) is 27.5 Å². The van der Waals surface area contributed by atoms with E-state index in [2.05, 4.69) is 10.1 Å². The van der Waals surface area contributed by atoms with E-state index in [0.717, 1.165) is 0 Å². The maximum Gasteiger partial charge on any atom is 0.358 e. The van der Waals surface area contributed by atoms with Crippen LogP contribution in [0.2, 0.25) is 15.1 Å². The van der Waals surface area contributed by atoms with Gasteiger partial charge < -0.3 is 9.26 Å². The third kappa shape index (κ3) is 2.90. The smallest absolute Gasteiger partial charge is 0.358 e. The number of ether oxygens (including phenoxy) is 1. The summed E-state index contributed by atoms with van der Waals surface area (Å²) in [6.07, 6.45) is 1.24. The Morgan fingerprint density at radius 2 is 2.00 bits per heavy atom. The number of halogens is 3. The van der Waals surface area contributed by atoms with Crippen LogP contribution in [0.15, 0.2) is 10.7 Å². The van der Waals surface area contributed by atoms with E-state index in [1.165, 1.54) is 6.20 Å². The van der Waals surface area contributed by atoms with Gasteiger partial charge in [-0.2, -0.15) is 0 Å². The summed E-state index contributed by atoms with van der Waals surface area (Å²) in [5.41, 5.74) is 1.27. The quantitative estimate of drug-likeness (QED) is 0.793. The van der Waals surface area contributed by atoms with Crippen molar-refractivity contribution in [1.29, 1.82) is 0 Å². The number of hydrogen-bond donors (Lipinski definition) is 0. The molecule has 8 heteroatoms. The molecule has 0 atom stereocenters. The van der Waals surface area contributed by atoms with Gasteiger partial charge in [-0.1, -0.05) is 40.0 Å². The summed E-state index contributed by atoms with van der Waals surface area (Å²) in [6.45, 7) is 3.50. The van der Waals surface area contributed by atoms with E-state index < -0.39 is 5.97 Å². The monoisotopic (exact) mass is 334 g/mol. The lowest BCUT2D eigenvalue weighted by atomic mass is 10.2. The molecule has 2 aromatic rings. The van der Waals surface area contributed by atoms with Crippen molar-refractivity contribution in [3.8, 4) is 0 Å². The third-order valence-corrected chi connectivity index (χ3v) is 3.88. The first-order valence-electron chi connectivity index (χ1n) is 5.50. The lowest BCUT2D eigenvalue weighted by Crippen LogP contribution is -2.09. The van der Waals surface area contributed by atoms with Gasteiger partial charge in [0, 0.05) is 6.20 Å². The topological polar surface area (TPSA) is 65.2 Å². The molecule has 0 saturated heterocycles. The summed E-state index contributed by atoms with van der Waals surface area (Å²) in [6, 6.07) is 0. The Balaban J connectivity index is 2.16. The van der Waals surface area contributed by atoms with Crippen LogP contribution >= 0.6 is 34.8 Å². The molecule has 0 saturated carbocycles. The molecule has 0 aromatic carbocycles. The second-order valence-corrected chi connectivity index (χ2v) is 5.12. The third-order valence-electron chi connectivity index (χ3n) is 2.64. The molecular formula is C12H9Cl3N2O3. The summed E-state index contributed by atoms with van der Waals surface area (Å²) < 4.78 is 10.1. The molecule has 5 nitrogen and oxygen atoms in total. The number of pyridine rings is 1. The SMILES string of the molecule is Cc1noc(C)c1COC(=O)c1ncc(Cl)c(Cl)c1Cl. The van der Waals surface area contributed by atoms with Crippen molar-refractivity contribution < 1.29 is 14.1 Å². The Morgan fingerprint density at radius 3 is 2.60 bits per heavy atom. The Morgan fingerprint density at radius 1 is 1.30 bits per heavy atom. The van der Waals surface area contributed by atoms with Crippen LogP contribution in [0, 0.1) is 13.8 Å². The highest BCUT2D eigenvalue weighted by Gasteiger charge is 2.19. The number of aromatic nitrogens is 2. The largest absolute Gasteiger partial charge is 0.456 e. The zero-order chi connectivity index (χ0) is 14.9. The van der Waals surface area contributed by atoms with E-state index in [4.69, 9.17) is 44.1 Å². The van der Waals surface area contributed by atoms with Gasteiger partial charge in [-0.3, -0.25) is 0 Å². The average molecular weight is 336 g/mol. The highest BCUT2D eigenvalue weighted by atomic mass is 35.5. The standard InChI is InChI=1S/C12H9Cl3N2O3/c1-5-7(6(2)20-17-5)4-19-12(18)11-10(15)9(14)8(13)3-16-11/h3H,4H2,1-2H3. The molecular weight excluding hydrogens is 327 g/mol. The normalized spacial score (nSPS) is 10.7. The first-order chi connectivity index (χ1) is 9.41. The Kier molecular flexibility index (Phi) is 4.52. The highest BCUT2D eigenvalue weighted by molar-refractivity contribution is 6.48. The summed E-state index contributed by atoms with van der Waals surface area (Å²) in [5, 5.41) is 3.95. The minimum Gasteiger partial charge on any atom is -0.456 e. The number of hydrogen-bond acceptors (Lipinski definition) is 5. The molecule has 0 unspecified atom stereocenters. The van der Waals surface area contributed by atoms with Gasteiger partial charge in [0.05, 0.1) is 26.3 Å². The minimum absolute atomic E-state index is 0.0122. The first kappa shape index (κ1) is 15.1. The van der Waals surface area contributed by atoms with Crippen LogP contribution in [-0.4, -0.2) is 16.1 Å². The van der Waals surface area contributed by atoms with Gasteiger partial charge >= 0.3 is 5.97 Å². The van der Waals surface area contributed by atoms with Crippen LogP contribution in [-0.2, 0) is 11.3 Å². The molecule has 0 N–H and O–H groups in total. The number of carbonyl (C=O) groups is 1. The fourth-order valence-electron chi connectivity index (χ4n) is 1.50. The van der Waals surface area contributed by atoms with Crippen LogP contribution < -0.4 is 0 Å². The molecule has 2 rings (SSSR count). The van der Waals surface area contributed by atoms with Gasteiger partial charge in [0.1, 0.15) is 12.4 Å². The average Bonchev–Trinajstić information content (AvgIpc) is 2.73.